The standard InChI is InChI=1S/C13H21NO5/c1-2-3-4-5-6-7-11(15)14-10(13(18)19)8-9-12(16)17/h4-5,10H,2-3,6-9H2,1H3,(H,14,15)(H,16,17)(H,18,19)/b5-4+/t10-/m0/s1. The first-order valence-electron chi connectivity index (χ1n) is 6.36. The molecule has 1 atom stereocenters. The highest BCUT2D eigenvalue weighted by Gasteiger charge is 2.20. The van der Waals surface area contributed by atoms with Gasteiger partial charge in [-0.1, -0.05) is 25.5 Å². The summed E-state index contributed by atoms with van der Waals surface area (Å²) in [6.45, 7) is 2.05. The van der Waals surface area contributed by atoms with Gasteiger partial charge in [0.1, 0.15) is 6.04 Å². The van der Waals surface area contributed by atoms with Gasteiger partial charge in [-0.3, -0.25) is 9.59 Å². The number of allylic oxidation sites excluding steroid dienone is 2. The van der Waals surface area contributed by atoms with Crippen LogP contribution in [0.4, 0.5) is 0 Å². The number of hydrogen-bond acceptors (Lipinski definition) is 3. The average Bonchev–Trinajstić information content (AvgIpc) is 2.33. The van der Waals surface area contributed by atoms with Gasteiger partial charge in [0.05, 0.1) is 0 Å². The largest absolute Gasteiger partial charge is 0.481 e. The third-order valence-corrected chi connectivity index (χ3v) is 2.44. The summed E-state index contributed by atoms with van der Waals surface area (Å²) in [5.41, 5.74) is 0. The molecule has 6 heteroatoms. The molecule has 6 nitrogen and oxygen atoms in total. The van der Waals surface area contributed by atoms with Gasteiger partial charge >= 0.3 is 11.9 Å². The Hall–Kier alpha value is -1.85. The molecule has 0 aliphatic rings. The van der Waals surface area contributed by atoms with Gasteiger partial charge in [0.25, 0.3) is 0 Å². The van der Waals surface area contributed by atoms with Crippen molar-refractivity contribution in [3.05, 3.63) is 12.2 Å². The summed E-state index contributed by atoms with van der Waals surface area (Å²) >= 11 is 0. The molecule has 0 aromatic rings. The fourth-order valence-electron chi connectivity index (χ4n) is 1.41. The Morgan fingerprint density at radius 2 is 1.74 bits per heavy atom. The Labute approximate surface area is 112 Å². The van der Waals surface area contributed by atoms with Crippen molar-refractivity contribution in [2.75, 3.05) is 0 Å². The molecule has 108 valence electrons. The first-order chi connectivity index (χ1) is 8.97. The number of carboxylic acids is 2. The normalized spacial score (nSPS) is 12.3. The maximum Gasteiger partial charge on any atom is 0.326 e. The summed E-state index contributed by atoms with van der Waals surface area (Å²) in [4.78, 5) is 32.7. The molecule has 0 saturated heterocycles. The van der Waals surface area contributed by atoms with Gasteiger partial charge < -0.3 is 15.5 Å². The molecule has 1 amide bonds. The van der Waals surface area contributed by atoms with E-state index in [1.807, 2.05) is 12.2 Å². The third-order valence-electron chi connectivity index (χ3n) is 2.44. The summed E-state index contributed by atoms with van der Waals surface area (Å²) in [6, 6.07) is -1.14. The number of carbonyl (C=O) groups excluding carboxylic acids is 1. The smallest absolute Gasteiger partial charge is 0.326 e. The Bertz CT molecular complexity index is 338. The molecule has 0 rings (SSSR count). The molecule has 0 saturated carbocycles. The number of nitrogens with one attached hydrogen (secondary N) is 1. The summed E-state index contributed by atoms with van der Waals surface area (Å²) in [5, 5.41) is 19.7. The number of amides is 1. The number of unbranched alkanes of at least 4 members (excludes halogenated alkanes) is 1. The fourth-order valence-corrected chi connectivity index (χ4v) is 1.41. The Kier molecular flexibility index (Phi) is 9.12. The first-order valence-corrected chi connectivity index (χ1v) is 6.36. The van der Waals surface area contributed by atoms with E-state index in [4.69, 9.17) is 10.2 Å². The van der Waals surface area contributed by atoms with E-state index in [9.17, 15) is 14.4 Å². The lowest BCUT2D eigenvalue weighted by molar-refractivity contribution is -0.143. The van der Waals surface area contributed by atoms with E-state index in [1.165, 1.54) is 0 Å². The molecule has 0 aliphatic heterocycles. The van der Waals surface area contributed by atoms with E-state index < -0.39 is 18.0 Å². The van der Waals surface area contributed by atoms with Crippen LogP contribution in [0, 0.1) is 0 Å². The second-order valence-electron chi connectivity index (χ2n) is 4.19. The Morgan fingerprint density at radius 1 is 1.11 bits per heavy atom. The van der Waals surface area contributed by atoms with Crippen LogP contribution in [0.3, 0.4) is 0 Å². The van der Waals surface area contributed by atoms with Crippen molar-refractivity contribution in [1.29, 1.82) is 0 Å². The van der Waals surface area contributed by atoms with E-state index in [1.54, 1.807) is 0 Å². The summed E-state index contributed by atoms with van der Waals surface area (Å²) in [6.07, 6.45) is 6.23. The zero-order valence-electron chi connectivity index (χ0n) is 11.1. The number of carboxylic acid groups (broad SMARTS) is 2. The van der Waals surface area contributed by atoms with Crippen LogP contribution in [-0.4, -0.2) is 34.1 Å². The third kappa shape index (κ3) is 9.82. The number of hydrogen-bond donors (Lipinski definition) is 3. The Balaban J connectivity index is 4.03. The van der Waals surface area contributed by atoms with E-state index >= 15 is 0 Å². The highest BCUT2D eigenvalue weighted by Crippen LogP contribution is 2.01. The molecule has 0 aromatic heterocycles. The fraction of sp³-hybridized carbons (Fsp3) is 0.615. The van der Waals surface area contributed by atoms with Crippen LogP contribution in [0.15, 0.2) is 12.2 Å². The molecule has 19 heavy (non-hydrogen) atoms. The molecule has 0 radical (unpaired) electrons. The van der Waals surface area contributed by atoms with Crippen molar-refractivity contribution in [2.24, 2.45) is 0 Å². The second kappa shape index (κ2) is 10.1. The van der Waals surface area contributed by atoms with E-state index in [2.05, 4.69) is 12.2 Å². The zero-order valence-corrected chi connectivity index (χ0v) is 11.1. The summed E-state index contributed by atoms with van der Waals surface area (Å²) in [7, 11) is 0. The van der Waals surface area contributed by atoms with E-state index in [0.29, 0.717) is 6.42 Å². The molecule has 0 aliphatic carbocycles. The highest BCUT2D eigenvalue weighted by molar-refractivity contribution is 5.83. The van der Waals surface area contributed by atoms with Crippen LogP contribution < -0.4 is 5.32 Å². The number of aliphatic carboxylic acids is 2. The van der Waals surface area contributed by atoms with Gasteiger partial charge in [-0.05, 0) is 19.3 Å². The van der Waals surface area contributed by atoms with Gasteiger partial charge in [0.2, 0.25) is 5.91 Å². The summed E-state index contributed by atoms with van der Waals surface area (Å²) in [5.74, 6) is -2.67. The van der Waals surface area contributed by atoms with Crippen molar-refractivity contribution in [1.82, 2.24) is 5.32 Å². The van der Waals surface area contributed by atoms with Gasteiger partial charge in [-0.25, -0.2) is 4.79 Å². The lowest BCUT2D eigenvalue weighted by atomic mass is 10.1. The maximum absolute atomic E-state index is 11.5. The maximum atomic E-state index is 11.5. The monoisotopic (exact) mass is 271 g/mol. The highest BCUT2D eigenvalue weighted by atomic mass is 16.4. The second-order valence-corrected chi connectivity index (χ2v) is 4.19. The van der Waals surface area contributed by atoms with Crippen molar-refractivity contribution in [2.45, 2.75) is 51.5 Å². The van der Waals surface area contributed by atoms with Crippen LogP contribution in [-0.2, 0) is 14.4 Å². The lowest BCUT2D eigenvalue weighted by Crippen LogP contribution is -2.40. The molecule has 0 fully saturated rings. The van der Waals surface area contributed by atoms with Crippen LogP contribution in [0.1, 0.15) is 45.4 Å². The molecule has 0 spiro atoms. The van der Waals surface area contributed by atoms with E-state index in [-0.39, 0.29) is 25.2 Å². The quantitative estimate of drug-likeness (QED) is 0.523. The molecule has 3 N–H and O–H groups in total. The van der Waals surface area contributed by atoms with Crippen LogP contribution in [0.5, 0.6) is 0 Å². The summed E-state index contributed by atoms with van der Waals surface area (Å²) < 4.78 is 0. The Morgan fingerprint density at radius 3 is 2.26 bits per heavy atom. The number of carbonyl (C=O) groups is 3. The molecule has 0 bridgehead atoms. The minimum absolute atomic E-state index is 0.109. The van der Waals surface area contributed by atoms with Crippen LogP contribution in [0.2, 0.25) is 0 Å². The number of rotatable bonds is 10. The van der Waals surface area contributed by atoms with Crippen molar-refractivity contribution in [3.63, 3.8) is 0 Å². The van der Waals surface area contributed by atoms with Gasteiger partial charge in [-0.2, -0.15) is 0 Å². The first kappa shape index (κ1) is 17.2. The van der Waals surface area contributed by atoms with E-state index in [0.717, 1.165) is 12.8 Å². The SMILES string of the molecule is CCC/C=C/CCC(=O)N[C@@H](CCC(=O)O)C(=O)O. The average molecular weight is 271 g/mol. The van der Waals surface area contributed by atoms with Crippen molar-refractivity contribution < 1.29 is 24.6 Å². The van der Waals surface area contributed by atoms with Crippen LogP contribution in [0.25, 0.3) is 0 Å². The molecule has 0 aromatic carbocycles. The minimum atomic E-state index is -1.21. The van der Waals surface area contributed by atoms with Crippen LogP contribution >= 0.6 is 0 Å². The topological polar surface area (TPSA) is 104 Å². The molecule has 0 unspecified atom stereocenters. The predicted molar refractivity (Wildman–Crippen MR) is 69.7 cm³/mol. The van der Waals surface area contributed by atoms with Crippen molar-refractivity contribution >= 4 is 17.8 Å². The van der Waals surface area contributed by atoms with Gasteiger partial charge in [-0.15, -0.1) is 0 Å². The molecule has 0 heterocycles. The zero-order chi connectivity index (χ0) is 14.7. The molecular formula is C13H21NO5. The van der Waals surface area contributed by atoms with Gasteiger partial charge in [0.15, 0.2) is 0 Å². The lowest BCUT2D eigenvalue weighted by Gasteiger charge is -2.12. The van der Waals surface area contributed by atoms with Crippen molar-refractivity contribution in [3.8, 4) is 0 Å². The predicted octanol–water partition coefficient (Wildman–Crippen LogP) is 1.56. The molecular weight excluding hydrogens is 250 g/mol. The van der Waals surface area contributed by atoms with Gasteiger partial charge in [0, 0.05) is 12.8 Å². The minimum Gasteiger partial charge on any atom is -0.481 e.